The lowest BCUT2D eigenvalue weighted by molar-refractivity contribution is 0.532. The number of thioether (sulfide) groups is 1. The third-order valence-electron chi connectivity index (χ3n) is 2.57. The molecule has 88 valence electrons. The fourth-order valence-corrected chi connectivity index (χ4v) is 2.58. The van der Waals surface area contributed by atoms with Crippen LogP contribution in [0.25, 0.3) is 0 Å². The van der Waals surface area contributed by atoms with Gasteiger partial charge in [0.15, 0.2) is 5.17 Å². The molecule has 1 unspecified atom stereocenters. The molecule has 0 radical (unpaired) electrons. The van der Waals surface area contributed by atoms with Gasteiger partial charge in [-0.2, -0.15) is 5.10 Å². The Morgan fingerprint density at radius 2 is 2.44 bits per heavy atom. The summed E-state index contributed by atoms with van der Waals surface area (Å²) in [5.74, 6) is 1.09. The lowest BCUT2D eigenvalue weighted by Gasteiger charge is -2.03. The Labute approximate surface area is 101 Å². The van der Waals surface area contributed by atoms with Crippen LogP contribution in [-0.4, -0.2) is 26.7 Å². The van der Waals surface area contributed by atoms with Crippen LogP contribution in [0.5, 0.6) is 0 Å². The lowest BCUT2D eigenvalue weighted by Crippen LogP contribution is -2.05. The van der Waals surface area contributed by atoms with Crippen LogP contribution in [0, 0.1) is 0 Å². The third kappa shape index (κ3) is 2.58. The minimum Gasteiger partial charge on any atom is -0.332 e. The van der Waals surface area contributed by atoms with E-state index in [2.05, 4.69) is 36.2 Å². The smallest absolute Gasteiger partial charge is 0.161 e. The van der Waals surface area contributed by atoms with Gasteiger partial charge in [0.25, 0.3) is 0 Å². The van der Waals surface area contributed by atoms with E-state index >= 15 is 0 Å². The summed E-state index contributed by atoms with van der Waals surface area (Å²) in [5.41, 5.74) is 1.02. The van der Waals surface area contributed by atoms with Crippen molar-refractivity contribution in [1.82, 2.24) is 9.78 Å². The van der Waals surface area contributed by atoms with Gasteiger partial charge in [0, 0.05) is 18.0 Å². The fourth-order valence-electron chi connectivity index (χ4n) is 1.50. The molecule has 4 nitrogen and oxygen atoms in total. The maximum atomic E-state index is 4.59. The number of amidine groups is 1. The van der Waals surface area contributed by atoms with Crippen molar-refractivity contribution in [2.75, 3.05) is 11.1 Å². The molecule has 1 aromatic heterocycles. The van der Waals surface area contributed by atoms with E-state index in [0.29, 0.717) is 12.1 Å². The highest BCUT2D eigenvalue weighted by atomic mass is 32.2. The van der Waals surface area contributed by atoms with E-state index in [-0.39, 0.29) is 0 Å². The molecule has 0 amide bonds. The van der Waals surface area contributed by atoms with E-state index in [1.165, 1.54) is 0 Å². The van der Waals surface area contributed by atoms with Gasteiger partial charge in [0.2, 0.25) is 0 Å². The first-order chi connectivity index (χ1) is 7.69. The molecule has 1 aliphatic rings. The van der Waals surface area contributed by atoms with E-state index in [0.717, 1.165) is 23.0 Å². The Balaban J connectivity index is 1.99. The minimum atomic E-state index is 0.400. The van der Waals surface area contributed by atoms with Gasteiger partial charge in [-0.15, -0.1) is 0 Å². The molecule has 0 aliphatic carbocycles. The van der Waals surface area contributed by atoms with Gasteiger partial charge < -0.3 is 5.32 Å². The molecule has 1 N–H and O–H groups in total. The SMILES string of the molecule is CCC1CSC(Nc2cnn(C(C)C)c2)=N1. The second kappa shape index (κ2) is 4.91. The summed E-state index contributed by atoms with van der Waals surface area (Å²) in [4.78, 5) is 4.59. The molecule has 0 saturated heterocycles. The van der Waals surface area contributed by atoms with Crippen molar-refractivity contribution in [2.45, 2.75) is 39.3 Å². The number of hydrogen-bond donors (Lipinski definition) is 1. The van der Waals surface area contributed by atoms with Crippen molar-refractivity contribution < 1.29 is 0 Å². The molecule has 2 rings (SSSR count). The number of hydrogen-bond acceptors (Lipinski definition) is 4. The topological polar surface area (TPSA) is 42.2 Å². The highest BCUT2D eigenvalue weighted by Gasteiger charge is 2.16. The second-order valence-corrected chi connectivity index (χ2v) is 5.24. The molecular formula is C11H18N4S. The Morgan fingerprint density at radius 3 is 3.00 bits per heavy atom. The zero-order chi connectivity index (χ0) is 11.5. The van der Waals surface area contributed by atoms with E-state index in [9.17, 15) is 0 Å². The average molecular weight is 238 g/mol. The van der Waals surface area contributed by atoms with Gasteiger partial charge in [0.05, 0.1) is 17.9 Å². The van der Waals surface area contributed by atoms with Gasteiger partial charge in [-0.25, -0.2) is 0 Å². The average Bonchev–Trinajstić information content (AvgIpc) is 2.87. The number of nitrogens with zero attached hydrogens (tertiary/aromatic N) is 3. The van der Waals surface area contributed by atoms with Gasteiger partial charge in [-0.3, -0.25) is 9.67 Å². The predicted octanol–water partition coefficient (Wildman–Crippen LogP) is 2.76. The molecule has 5 heteroatoms. The summed E-state index contributed by atoms with van der Waals surface area (Å²) < 4.78 is 1.94. The third-order valence-corrected chi connectivity index (χ3v) is 3.60. The quantitative estimate of drug-likeness (QED) is 0.880. The van der Waals surface area contributed by atoms with E-state index in [1.54, 1.807) is 11.8 Å². The Bertz CT molecular complexity index is 383. The zero-order valence-corrected chi connectivity index (χ0v) is 10.8. The van der Waals surface area contributed by atoms with Crippen LogP contribution in [-0.2, 0) is 0 Å². The van der Waals surface area contributed by atoms with Crippen LogP contribution in [0.2, 0.25) is 0 Å². The number of rotatable bonds is 3. The molecule has 1 aliphatic heterocycles. The molecular weight excluding hydrogens is 220 g/mol. The van der Waals surface area contributed by atoms with Crippen LogP contribution >= 0.6 is 11.8 Å². The van der Waals surface area contributed by atoms with E-state index in [4.69, 9.17) is 0 Å². The normalized spacial score (nSPS) is 20.2. The van der Waals surface area contributed by atoms with Crippen LogP contribution in [0.1, 0.15) is 33.2 Å². The Morgan fingerprint density at radius 1 is 1.62 bits per heavy atom. The van der Waals surface area contributed by atoms with Crippen LogP contribution < -0.4 is 5.32 Å². The molecule has 0 bridgehead atoms. The molecule has 1 aromatic rings. The maximum absolute atomic E-state index is 4.59. The molecule has 0 fully saturated rings. The van der Waals surface area contributed by atoms with Gasteiger partial charge in [-0.05, 0) is 20.3 Å². The molecule has 16 heavy (non-hydrogen) atoms. The van der Waals surface area contributed by atoms with E-state index < -0.39 is 0 Å². The highest BCUT2D eigenvalue weighted by Crippen LogP contribution is 2.21. The summed E-state index contributed by atoms with van der Waals surface area (Å²) in [6, 6.07) is 0.879. The first kappa shape index (κ1) is 11.5. The summed E-state index contributed by atoms with van der Waals surface area (Å²) in [6.45, 7) is 6.41. The van der Waals surface area contributed by atoms with Crippen LogP contribution in [0.4, 0.5) is 5.69 Å². The minimum absolute atomic E-state index is 0.400. The first-order valence-electron chi connectivity index (χ1n) is 5.70. The Kier molecular flexibility index (Phi) is 3.53. The molecule has 0 aromatic carbocycles. The molecule has 0 saturated carbocycles. The second-order valence-electron chi connectivity index (χ2n) is 4.24. The summed E-state index contributed by atoms with van der Waals surface area (Å²) in [5, 5.41) is 8.62. The van der Waals surface area contributed by atoms with Crippen LogP contribution in [0.3, 0.4) is 0 Å². The first-order valence-corrected chi connectivity index (χ1v) is 6.69. The van der Waals surface area contributed by atoms with Crippen molar-refractivity contribution in [2.24, 2.45) is 4.99 Å². The lowest BCUT2D eigenvalue weighted by atomic mass is 10.3. The summed E-state index contributed by atoms with van der Waals surface area (Å²) in [6.07, 6.45) is 4.98. The highest BCUT2D eigenvalue weighted by molar-refractivity contribution is 8.14. The van der Waals surface area contributed by atoms with Crippen molar-refractivity contribution in [1.29, 1.82) is 0 Å². The number of aliphatic imine (C=N–C) groups is 1. The Hall–Kier alpha value is -0.970. The van der Waals surface area contributed by atoms with Gasteiger partial charge in [-0.1, -0.05) is 18.7 Å². The zero-order valence-electron chi connectivity index (χ0n) is 9.97. The molecule has 2 heterocycles. The van der Waals surface area contributed by atoms with Crippen LogP contribution in [0.15, 0.2) is 17.4 Å². The number of nitrogens with one attached hydrogen (secondary N) is 1. The number of anilines is 1. The molecule has 0 spiro atoms. The largest absolute Gasteiger partial charge is 0.332 e. The van der Waals surface area contributed by atoms with Crippen molar-refractivity contribution in [3.8, 4) is 0 Å². The number of aromatic nitrogens is 2. The summed E-state index contributed by atoms with van der Waals surface area (Å²) in [7, 11) is 0. The van der Waals surface area contributed by atoms with Crippen molar-refractivity contribution in [3.05, 3.63) is 12.4 Å². The monoisotopic (exact) mass is 238 g/mol. The van der Waals surface area contributed by atoms with Crippen molar-refractivity contribution in [3.63, 3.8) is 0 Å². The summed E-state index contributed by atoms with van der Waals surface area (Å²) >= 11 is 1.79. The van der Waals surface area contributed by atoms with Crippen molar-refractivity contribution >= 4 is 22.6 Å². The molecule has 1 atom stereocenters. The van der Waals surface area contributed by atoms with Gasteiger partial charge in [0.1, 0.15) is 0 Å². The predicted molar refractivity (Wildman–Crippen MR) is 70.2 cm³/mol. The van der Waals surface area contributed by atoms with E-state index in [1.807, 2.05) is 17.1 Å². The standard InChI is InChI=1S/C11H18N4S/c1-4-9-7-16-11(13-9)14-10-5-12-15(6-10)8(2)3/h5-6,8-9H,4,7H2,1-3H3,(H,13,14). The fraction of sp³-hybridized carbons (Fsp3) is 0.636. The maximum Gasteiger partial charge on any atom is 0.161 e. The van der Waals surface area contributed by atoms with Gasteiger partial charge >= 0.3 is 0 Å².